The van der Waals surface area contributed by atoms with Gasteiger partial charge in [-0.15, -0.1) is 0 Å². The van der Waals surface area contributed by atoms with Crippen molar-refractivity contribution in [3.05, 3.63) is 59.1 Å². The minimum absolute atomic E-state index is 0.0373. The average Bonchev–Trinajstić information content (AvgIpc) is 3.01. The van der Waals surface area contributed by atoms with E-state index in [1.165, 1.54) is 11.8 Å². The van der Waals surface area contributed by atoms with Gasteiger partial charge in [0.15, 0.2) is 12.2 Å². The molecule has 1 aromatic heterocycles. The van der Waals surface area contributed by atoms with E-state index in [1.807, 2.05) is 24.3 Å². The summed E-state index contributed by atoms with van der Waals surface area (Å²) in [6, 6.07) is 14.1. The maximum atomic E-state index is 11.7. The van der Waals surface area contributed by atoms with E-state index in [1.54, 1.807) is 24.3 Å². The van der Waals surface area contributed by atoms with E-state index in [-0.39, 0.29) is 6.61 Å². The number of thioether (sulfide) groups is 1. The zero-order valence-electron chi connectivity index (χ0n) is 12.5. The first-order chi connectivity index (χ1) is 11.7. The van der Waals surface area contributed by atoms with Crippen molar-refractivity contribution in [3.63, 3.8) is 0 Å². The normalized spacial score (nSPS) is 10.2. The van der Waals surface area contributed by atoms with Crippen LogP contribution in [0.25, 0.3) is 11.1 Å². The molecule has 0 saturated heterocycles. The van der Waals surface area contributed by atoms with E-state index < -0.39 is 5.97 Å². The van der Waals surface area contributed by atoms with E-state index in [2.05, 4.69) is 16.8 Å². The fourth-order valence-corrected chi connectivity index (χ4v) is 2.62. The van der Waals surface area contributed by atoms with Gasteiger partial charge in [0.05, 0.1) is 11.3 Å². The van der Waals surface area contributed by atoms with Crippen LogP contribution in [0.5, 0.6) is 0 Å². The van der Waals surface area contributed by atoms with Crippen molar-refractivity contribution in [2.24, 2.45) is 0 Å². The Morgan fingerprint density at radius 2 is 1.96 bits per heavy atom. The molecule has 120 valence electrons. The summed E-state index contributed by atoms with van der Waals surface area (Å²) >= 11 is 7.16. The van der Waals surface area contributed by atoms with Gasteiger partial charge in [0.2, 0.25) is 0 Å². The lowest BCUT2D eigenvalue weighted by Gasteiger charge is -2.00. The molecule has 6 heteroatoms. The molecule has 0 saturated carbocycles. The number of carbonyl (C=O) groups excluding carboxylic acids is 1. The van der Waals surface area contributed by atoms with Gasteiger partial charge in [0.1, 0.15) is 5.52 Å². The van der Waals surface area contributed by atoms with Crippen LogP contribution in [0.4, 0.5) is 0 Å². The van der Waals surface area contributed by atoms with Crippen molar-refractivity contribution in [1.29, 1.82) is 0 Å². The topological polar surface area (TPSA) is 52.3 Å². The Balaban J connectivity index is 1.44. The Morgan fingerprint density at radius 3 is 2.75 bits per heavy atom. The van der Waals surface area contributed by atoms with Crippen LogP contribution >= 0.6 is 23.4 Å². The zero-order chi connectivity index (χ0) is 16.8. The summed E-state index contributed by atoms with van der Waals surface area (Å²) in [6.07, 6.45) is 0. The number of rotatable bonds is 4. The highest BCUT2D eigenvalue weighted by Gasteiger charge is 2.06. The van der Waals surface area contributed by atoms with Gasteiger partial charge in [-0.3, -0.25) is 0 Å². The molecule has 4 nitrogen and oxygen atoms in total. The van der Waals surface area contributed by atoms with Crippen LogP contribution in [0, 0.1) is 11.8 Å². The molecule has 24 heavy (non-hydrogen) atoms. The number of benzene rings is 2. The third kappa shape index (κ3) is 4.31. The van der Waals surface area contributed by atoms with E-state index in [4.69, 9.17) is 20.8 Å². The maximum absolute atomic E-state index is 11.7. The quantitative estimate of drug-likeness (QED) is 0.392. The Morgan fingerprint density at radius 1 is 1.17 bits per heavy atom. The lowest BCUT2D eigenvalue weighted by atomic mass is 10.2. The first-order valence-corrected chi connectivity index (χ1v) is 8.45. The van der Waals surface area contributed by atoms with Crippen LogP contribution in [0.15, 0.2) is 58.2 Å². The fraction of sp³-hybridized carbons (Fsp3) is 0.111. The predicted molar refractivity (Wildman–Crippen MR) is 94.2 cm³/mol. The number of esters is 1. The first kappa shape index (κ1) is 16.4. The lowest BCUT2D eigenvalue weighted by molar-refractivity contribution is 0.0556. The Kier molecular flexibility index (Phi) is 5.42. The minimum atomic E-state index is -0.424. The summed E-state index contributed by atoms with van der Waals surface area (Å²) in [7, 11) is 0. The molecule has 0 aliphatic rings. The third-order valence-corrected chi connectivity index (χ3v) is 3.98. The summed E-state index contributed by atoms with van der Waals surface area (Å²) in [4.78, 5) is 16.1. The van der Waals surface area contributed by atoms with E-state index in [0.717, 1.165) is 11.1 Å². The van der Waals surface area contributed by atoms with E-state index in [9.17, 15) is 4.79 Å². The standard InChI is InChI=1S/C18H12ClNO3S/c19-14-9-7-13(8-10-14)17(21)22-11-3-4-12-24-18-20-15-5-1-2-6-16(15)23-18/h1-2,5-10H,11-12H2. The third-order valence-electron chi connectivity index (χ3n) is 3.02. The monoisotopic (exact) mass is 357 g/mol. The SMILES string of the molecule is O=C(OCC#CCSc1nc2ccccc2o1)c1ccc(Cl)cc1. The summed E-state index contributed by atoms with van der Waals surface area (Å²) in [5.41, 5.74) is 2.02. The van der Waals surface area contributed by atoms with Crippen molar-refractivity contribution in [1.82, 2.24) is 4.98 Å². The number of oxazole rings is 1. The van der Waals surface area contributed by atoms with Crippen LogP contribution < -0.4 is 0 Å². The molecule has 0 atom stereocenters. The van der Waals surface area contributed by atoms with Crippen molar-refractivity contribution in [2.75, 3.05) is 12.4 Å². The maximum Gasteiger partial charge on any atom is 0.339 e. The molecule has 3 aromatic rings. The Hall–Kier alpha value is -2.42. The number of nitrogens with zero attached hydrogens (tertiary/aromatic N) is 1. The van der Waals surface area contributed by atoms with Gasteiger partial charge in [-0.1, -0.05) is 47.3 Å². The number of para-hydroxylation sites is 2. The molecule has 3 rings (SSSR count). The fourth-order valence-electron chi connectivity index (χ4n) is 1.88. The molecule has 0 aliphatic carbocycles. The summed E-state index contributed by atoms with van der Waals surface area (Å²) < 4.78 is 10.6. The minimum Gasteiger partial charge on any atom is -0.449 e. The second-order valence-electron chi connectivity index (χ2n) is 4.67. The second-order valence-corrected chi connectivity index (χ2v) is 6.04. The lowest BCUT2D eigenvalue weighted by Crippen LogP contribution is -2.04. The van der Waals surface area contributed by atoms with Crippen molar-refractivity contribution in [2.45, 2.75) is 5.22 Å². The van der Waals surface area contributed by atoms with Gasteiger partial charge in [-0.25, -0.2) is 9.78 Å². The average molecular weight is 358 g/mol. The van der Waals surface area contributed by atoms with Gasteiger partial charge in [0, 0.05) is 5.02 Å². The number of carbonyl (C=O) groups is 1. The van der Waals surface area contributed by atoms with Crippen LogP contribution in [0.2, 0.25) is 5.02 Å². The highest BCUT2D eigenvalue weighted by Crippen LogP contribution is 2.22. The van der Waals surface area contributed by atoms with Gasteiger partial charge in [-0.2, -0.15) is 0 Å². The van der Waals surface area contributed by atoms with Crippen LogP contribution in [-0.2, 0) is 4.74 Å². The predicted octanol–water partition coefficient (Wildman–Crippen LogP) is 4.43. The highest BCUT2D eigenvalue weighted by molar-refractivity contribution is 7.99. The number of aromatic nitrogens is 1. The first-order valence-electron chi connectivity index (χ1n) is 7.09. The largest absolute Gasteiger partial charge is 0.449 e. The molecular formula is C18H12ClNO3S. The number of hydrogen-bond donors (Lipinski definition) is 0. The van der Waals surface area contributed by atoms with Crippen LogP contribution in [0.3, 0.4) is 0 Å². The number of ether oxygens (including phenoxy) is 1. The van der Waals surface area contributed by atoms with Crippen LogP contribution in [0.1, 0.15) is 10.4 Å². The molecule has 0 bridgehead atoms. The van der Waals surface area contributed by atoms with Gasteiger partial charge >= 0.3 is 5.97 Å². The van der Waals surface area contributed by atoms with Crippen LogP contribution in [-0.4, -0.2) is 23.3 Å². The molecule has 0 unspecified atom stereocenters. The van der Waals surface area contributed by atoms with E-state index in [0.29, 0.717) is 21.6 Å². The zero-order valence-corrected chi connectivity index (χ0v) is 14.1. The smallest absolute Gasteiger partial charge is 0.339 e. The second kappa shape index (κ2) is 7.91. The summed E-state index contributed by atoms with van der Waals surface area (Å²) in [5.74, 6) is 5.78. The molecule has 0 fully saturated rings. The van der Waals surface area contributed by atoms with Gasteiger partial charge < -0.3 is 9.15 Å². The molecule has 0 radical (unpaired) electrons. The highest BCUT2D eigenvalue weighted by atomic mass is 35.5. The molecule has 0 aliphatic heterocycles. The molecule has 0 amide bonds. The van der Waals surface area contributed by atoms with Crippen molar-refractivity contribution >= 4 is 40.4 Å². The molecule has 0 N–H and O–H groups in total. The summed E-state index contributed by atoms with van der Waals surface area (Å²) in [5, 5.41) is 1.14. The number of hydrogen-bond acceptors (Lipinski definition) is 5. The van der Waals surface area contributed by atoms with E-state index >= 15 is 0 Å². The molecular weight excluding hydrogens is 346 g/mol. The summed E-state index contributed by atoms with van der Waals surface area (Å²) in [6.45, 7) is 0.0373. The molecule has 0 spiro atoms. The Labute approximate surface area is 148 Å². The number of halogens is 1. The molecule has 1 heterocycles. The Bertz CT molecular complexity index is 876. The number of fused-ring (bicyclic) bond motifs is 1. The van der Waals surface area contributed by atoms with Gasteiger partial charge in [-0.05, 0) is 36.4 Å². The van der Waals surface area contributed by atoms with Crippen molar-refractivity contribution < 1.29 is 13.9 Å². The van der Waals surface area contributed by atoms with Crippen molar-refractivity contribution in [3.8, 4) is 11.8 Å². The van der Waals surface area contributed by atoms with Gasteiger partial charge in [0.25, 0.3) is 5.22 Å². The molecule has 2 aromatic carbocycles.